The number of hydrogen-bond donors (Lipinski definition) is 1. The fraction of sp³-hybridized carbons (Fsp3) is 0.263. The predicted molar refractivity (Wildman–Crippen MR) is 111 cm³/mol. The normalized spacial score (nSPS) is 11.4. The van der Waals surface area contributed by atoms with Gasteiger partial charge in [-0.1, -0.05) is 18.2 Å². The van der Waals surface area contributed by atoms with Crippen molar-refractivity contribution in [2.45, 2.75) is 19.9 Å². The summed E-state index contributed by atoms with van der Waals surface area (Å²) in [5.41, 5.74) is 9.15. The number of nitrogens with two attached hydrogens (primary N) is 1. The summed E-state index contributed by atoms with van der Waals surface area (Å²) in [6, 6.07) is 15.7. The Hall–Kier alpha value is -2.08. The highest BCUT2D eigenvalue weighted by Gasteiger charge is 2.18. The molecule has 0 radical (unpaired) electrons. The molecule has 0 spiro atoms. The van der Waals surface area contributed by atoms with Gasteiger partial charge >= 0.3 is 0 Å². The Labute approximate surface area is 166 Å². The zero-order chi connectivity index (χ0) is 17.3. The number of imidazole rings is 1. The SMILES string of the molecule is Cc1nc2cc(C(=O)N(C)C(C)CN)ccc2n1-c1ccccc1.Cl.Cl. The fourth-order valence-electron chi connectivity index (χ4n) is 2.80. The highest BCUT2D eigenvalue weighted by Crippen LogP contribution is 2.23. The molecule has 0 aliphatic rings. The van der Waals surface area contributed by atoms with Crippen molar-refractivity contribution in [1.29, 1.82) is 0 Å². The summed E-state index contributed by atoms with van der Waals surface area (Å²) in [7, 11) is 1.78. The van der Waals surface area contributed by atoms with Crippen molar-refractivity contribution in [3.63, 3.8) is 0 Å². The molecule has 3 aromatic rings. The number of carbonyl (C=O) groups excluding carboxylic acids is 1. The summed E-state index contributed by atoms with van der Waals surface area (Å²) < 4.78 is 2.09. The van der Waals surface area contributed by atoms with Crippen molar-refractivity contribution in [1.82, 2.24) is 14.5 Å². The molecule has 1 unspecified atom stereocenters. The number of benzene rings is 2. The standard InChI is InChI=1S/C19H22N4O.2ClH/c1-13(12-20)22(3)19(24)15-9-10-18-17(11-15)21-14(2)23(18)16-7-5-4-6-8-16;;/h4-11,13H,12,20H2,1-3H3;2*1H. The molecule has 1 heterocycles. The molecule has 26 heavy (non-hydrogen) atoms. The second-order valence-corrected chi connectivity index (χ2v) is 6.03. The van der Waals surface area contributed by atoms with Crippen molar-refractivity contribution in [2.75, 3.05) is 13.6 Å². The topological polar surface area (TPSA) is 64.2 Å². The van der Waals surface area contributed by atoms with E-state index in [1.54, 1.807) is 11.9 Å². The summed E-state index contributed by atoms with van der Waals surface area (Å²) in [6.07, 6.45) is 0. The first kappa shape index (κ1) is 22.0. The van der Waals surface area contributed by atoms with Gasteiger partial charge in [-0.25, -0.2) is 4.98 Å². The van der Waals surface area contributed by atoms with E-state index in [2.05, 4.69) is 9.55 Å². The number of halogens is 2. The molecule has 1 aromatic heterocycles. The molecular weight excluding hydrogens is 371 g/mol. The van der Waals surface area contributed by atoms with Crippen LogP contribution in [0, 0.1) is 6.92 Å². The summed E-state index contributed by atoms with van der Waals surface area (Å²) in [5.74, 6) is 0.853. The quantitative estimate of drug-likeness (QED) is 0.734. The molecule has 1 amide bonds. The van der Waals surface area contributed by atoms with Crippen molar-refractivity contribution in [3.05, 3.63) is 59.9 Å². The Bertz CT molecular complexity index is 880. The molecule has 3 rings (SSSR count). The van der Waals surface area contributed by atoms with Crippen LogP contribution < -0.4 is 5.73 Å². The minimum absolute atomic E-state index is 0. The molecule has 0 aliphatic heterocycles. The van der Waals surface area contributed by atoms with Gasteiger partial charge in [-0.05, 0) is 44.2 Å². The number of fused-ring (bicyclic) bond motifs is 1. The van der Waals surface area contributed by atoms with Gasteiger partial charge in [0, 0.05) is 30.9 Å². The van der Waals surface area contributed by atoms with Gasteiger partial charge in [0.25, 0.3) is 5.91 Å². The number of carbonyl (C=O) groups is 1. The van der Waals surface area contributed by atoms with Crippen molar-refractivity contribution < 1.29 is 4.79 Å². The molecule has 0 bridgehead atoms. The lowest BCUT2D eigenvalue weighted by Gasteiger charge is -2.23. The van der Waals surface area contributed by atoms with E-state index in [-0.39, 0.29) is 36.8 Å². The maximum absolute atomic E-state index is 12.6. The highest BCUT2D eigenvalue weighted by atomic mass is 35.5. The second-order valence-electron chi connectivity index (χ2n) is 6.03. The van der Waals surface area contributed by atoms with Crippen LogP contribution >= 0.6 is 24.8 Å². The molecule has 5 nitrogen and oxygen atoms in total. The lowest BCUT2D eigenvalue weighted by Crippen LogP contribution is -2.39. The monoisotopic (exact) mass is 394 g/mol. The van der Waals surface area contributed by atoms with E-state index in [1.807, 2.05) is 62.4 Å². The summed E-state index contributed by atoms with van der Waals surface area (Å²) >= 11 is 0. The number of rotatable bonds is 4. The van der Waals surface area contributed by atoms with Crippen molar-refractivity contribution in [2.24, 2.45) is 5.73 Å². The number of aryl methyl sites for hydroxylation is 1. The first-order valence-corrected chi connectivity index (χ1v) is 8.04. The van der Waals surface area contributed by atoms with Crippen LogP contribution in [-0.4, -0.2) is 40.0 Å². The first-order chi connectivity index (χ1) is 11.5. The Morgan fingerprint density at radius 2 is 1.85 bits per heavy atom. The number of aromatic nitrogens is 2. The molecule has 0 fully saturated rings. The lowest BCUT2D eigenvalue weighted by atomic mass is 10.1. The van der Waals surface area contributed by atoms with Gasteiger partial charge in [-0.2, -0.15) is 0 Å². The summed E-state index contributed by atoms with van der Waals surface area (Å²) in [6.45, 7) is 4.34. The molecule has 0 saturated heterocycles. The van der Waals surface area contributed by atoms with E-state index in [9.17, 15) is 4.79 Å². The second kappa shape index (κ2) is 9.03. The molecule has 140 valence electrons. The summed E-state index contributed by atoms with van der Waals surface area (Å²) in [4.78, 5) is 18.9. The van der Waals surface area contributed by atoms with Crippen LogP contribution in [0.15, 0.2) is 48.5 Å². The number of hydrogen-bond acceptors (Lipinski definition) is 3. The number of likely N-dealkylation sites (N-methyl/N-ethyl adjacent to an activating group) is 1. The number of nitrogens with zero attached hydrogens (tertiary/aromatic N) is 3. The van der Waals surface area contributed by atoms with E-state index in [0.29, 0.717) is 12.1 Å². The van der Waals surface area contributed by atoms with Gasteiger partial charge in [-0.15, -0.1) is 24.8 Å². The van der Waals surface area contributed by atoms with Gasteiger partial charge in [-0.3, -0.25) is 9.36 Å². The molecule has 0 saturated carbocycles. The van der Waals surface area contributed by atoms with Gasteiger partial charge in [0.1, 0.15) is 5.82 Å². The molecule has 1 atom stereocenters. The van der Waals surface area contributed by atoms with E-state index < -0.39 is 0 Å². The average Bonchev–Trinajstić information content (AvgIpc) is 2.95. The third kappa shape index (κ3) is 4.01. The van der Waals surface area contributed by atoms with Crippen LogP contribution in [0.1, 0.15) is 23.1 Å². The van der Waals surface area contributed by atoms with Gasteiger partial charge in [0.15, 0.2) is 0 Å². The maximum Gasteiger partial charge on any atom is 0.253 e. The van der Waals surface area contributed by atoms with Crippen LogP contribution in [0.5, 0.6) is 0 Å². The molecule has 0 aliphatic carbocycles. The highest BCUT2D eigenvalue weighted by molar-refractivity contribution is 5.97. The van der Waals surface area contributed by atoms with Gasteiger partial charge in [0.2, 0.25) is 0 Å². The third-order valence-corrected chi connectivity index (χ3v) is 4.41. The Morgan fingerprint density at radius 1 is 1.19 bits per heavy atom. The predicted octanol–water partition coefficient (Wildman–Crippen LogP) is 3.60. The van der Waals surface area contributed by atoms with Gasteiger partial charge < -0.3 is 10.6 Å². The average molecular weight is 395 g/mol. The number of amides is 1. The Morgan fingerprint density at radius 3 is 2.46 bits per heavy atom. The lowest BCUT2D eigenvalue weighted by molar-refractivity contribution is 0.0748. The summed E-state index contributed by atoms with van der Waals surface area (Å²) in [5, 5.41) is 0. The van der Waals surface area contributed by atoms with Gasteiger partial charge in [0.05, 0.1) is 11.0 Å². The molecule has 2 aromatic carbocycles. The number of para-hydroxylation sites is 1. The molecular formula is C19H24Cl2N4O. The minimum atomic E-state index is -0.0400. The fourth-order valence-corrected chi connectivity index (χ4v) is 2.80. The van der Waals surface area contributed by atoms with Crippen molar-refractivity contribution in [3.8, 4) is 5.69 Å². The third-order valence-electron chi connectivity index (χ3n) is 4.41. The zero-order valence-electron chi connectivity index (χ0n) is 15.0. The van der Waals surface area contributed by atoms with E-state index >= 15 is 0 Å². The minimum Gasteiger partial charge on any atom is -0.338 e. The zero-order valence-corrected chi connectivity index (χ0v) is 16.7. The van der Waals surface area contributed by atoms with Crippen LogP contribution in [0.4, 0.5) is 0 Å². The van der Waals surface area contributed by atoms with Crippen molar-refractivity contribution >= 4 is 41.8 Å². The Balaban J connectivity index is 0.00000169. The van der Waals surface area contributed by atoms with Crippen LogP contribution in [0.2, 0.25) is 0 Å². The Kier molecular flexibility index (Phi) is 7.63. The first-order valence-electron chi connectivity index (χ1n) is 8.04. The molecule has 7 heteroatoms. The van der Waals surface area contributed by atoms with Crippen LogP contribution in [0.3, 0.4) is 0 Å². The van der Waals surface area contributed by atoms with Crippen LogP contribution in [-0.2, 0) is 0 Å². The smallest absolute Gasteiger partial charge is 0.253 e. The maximum atomic E-state index is 12.6. The molecule has 2 N–H and O–H groups in total. The van der Waals surface area contributed by atoms with E-state index in [4.69, 9.17) is 5.73 Å². The largest absolute Gasteiger partial charge is 0.338 e. The van der Waals surface area contributed by atoms with Crippen LogP contribution in [0.25, 0.3) is 16.7 Å². The van der Waals surface area contributed by atoms with E-state index in [0.717, 1.165) is 22.5 Å². The van der Waals surface area contributed by atoms with E-state index in [1.165, 1.54) is 0 Å².